The van der Waals surface area contributed by atoms with Crippen molar-refractivity contribution in [1.29, 1.82) is 0 Å². The number of halogens is 1. The SMILES string of the molecule is Cc1ccc([C@@]2(c3ccccc3)NC(=O)N(CC(=O)c3ccc(Cl)s3)C2=O)cc1C. The van der Waals surface area contributed by atoms with Crippen LogP contribution in [0.5, 0.6) is 0 Å². The molecule has 0 aliphatic carbocycles. The van der Waals surface area contributed by atoms with Crippen molar-refractivity contribution >= 4 is 40.7 Å². The molecule has 3 aromatic rings. The largest absolute Gasteiger partial charge is 0.325 e. The number of hydrogen-bond acceptors (Lipinski definition) is 4. The number of carbonyl (C=O) groups is 3. The molecule has 152 valence electrons. The number of ketones is 1. The molecule has 0 bridgehead atoms. The summed E-state index contributed by atoms with van der Waals surface area (Å²) < 4.78 is 0.476. The van der Waals surface area contributed by atoms with Gasteiger partial charge in [0.25, 0.3) is 5.91 Å². The fourth-order valence-corrected chi connectivity index (χ4v) is 4.60. The van der Waals surface area contributed by atoms with Gasteiger partial charge in [0, 0.05) is 0 Å². The van der Waals surface area contributed by atoms with Crippen LogP contribution in [0.25, 0.3) is 0 Å². The van der Waals surface area contributed by atoms with Crippen LogP contribution in [-0.2, 0) is 10.3 Å². The Bertz CT molecular complexity index is 1160. The van der Waals surface area contributed by atoms with Crippen LogP contribution in [0.1, 0.15) is 31.9 Å². The normalized spacial score (nSPS) is 18.6. The average molecular weight is 439 g/mol. The monoisotopic (exact) mass is 438 g/mol. The maximum Gasteiger partial charge on any atom is 0.325 e. The Hall–Kier alpha value is -2.96. The summed E-state index contributed by atoms with van der Waals surface area (Å²) in [5, 5.41) is 2.87. The first-order chi connectivity index (χ1) is 14.3. The van der Waals surface area contributed by atoms with E-state index in [9.17, 15) is 14.4 Å². The summed E-state index contributed by atoms with van der Waals surface area (Å²) in [5.41, 5.74) is 2.00. The fraction of sp³-hybridized carbons (Fsp3) is 0.174. The average Bonchev–Trinajstić information content (AvgIpc) is 3.28. The number of hydrogen-bond donors (Lipinski definition) is 1. The topological polar surface area (TPSA) is 66.5 Å². The minimum atomic E-state index is -1.38. The van der Waals surface area contributed by atoms with Crippen LogP contribution >= 0.6 is 22.9 Å². The predicted molar refractivity (Wildman–Crippen MR) is 117 cm³/mol. The number of Topliss-reactive ketones (excluding diaryl/α,β-unsaturated/α-hetero) is 1. The summed E-state index contributed by atoms with van der Waals surface area (Å²) in [6.07, 6.45) is 0. The van der Waals surface area contributed by atoms with E-state index in [-0.39, 0.29) is 12.3 Å². The lowest BCUT2D eigenvalue weighted by Crippen LogP contribution is -2.45. The van der Waals surface area contributed by atoms with Gasteiger partial charge in [-0.1, -0.05) is 60.1 Å². The van der Waals surface area contributed by atoms with Crippen molar-refractivity contribution in [3.63, 3.8) is 0 Å². The molecule has 1 atom stereocenters. The number of benzene rings is 2. The van der Waals surface area contributed by atoms with Gasteiger partial charge in [-0.05, 0) is 48.2 Å². The third-order valence-corrected chi connectivity index (χ3v) is 6.67. The molecule has 3 amide bonds. The summed E-state index contributed by atoms with van der Waals surface area (Å²) in [5.74, 6) is -0.808. The first kappa shape index (κ1) is 20.3. The molecule has 1 saturated heterocycles. The highest BCUT2D eigenvalue weighted by molar-refractivity contribution is 7.18. The van der Waals surface area contributed by atoms with Crippen molar-refractivity contribution in [3.05, 3.63) is 92.1 Å². The molecule has 0 spiro atoms. The number of nitrogens with zero attached hydrogens (tertiary/aromatic N) is 1. The molecule has 2 aromatic carbocycles. The summed E-state index contributed by atoms with van der Waals surface area (Å²) in [6.45, 7) is 3.60. The molecule has 1 aromatic heterocycles. The highest BCUT2D eigenvalue weighted by Gasteiger charge is 2.54. The van der Waals surface area contributed by atoms with E-state index in [2.05, 4.69) is 5.32 Å². The summed E-state index contributed by atoms with van der Waals surface area (Å²) in [6, 6.07) is 17.4. The van der Waals surface area contributed by atoms with E-state index in [4.69, 9.17) is 11.6 Å². The molecular weight excluding hydrogens is 420 g/mol. The molecule has 1 aliphatic rings. The minimum absolute atomic E-state index is 0.334. The lowest BCUT2D eigenvalue weighted by molar-refractivity contribution is -0.129. The van der Waals surface area contributed by atoms with Gasteiger partial charge >= 0.3 is 6.03 Å². The molecule has 1 N–H and O–H groups in total. The standard InChI is InChI=1S/C23H19ClN2O3S/c1-14-8-9-17(12-15(14)2)23(16-6-4-3-5-7-16)21(28)26(22(29)25-23)13-18(27)19-10-11-20(24)30-19/h3-12H,13H2,1-2H3,(H,25,29)/t23-/m1/s1. The Labute approximate surface area is 183 Å². The Morgan fingerprint density at radius 2 is 1.73 bits per heavy atom. The number of aryl methyl sites for hydroxylation is 2. The van der Waals surface area contributed by atoms with E-state index >= 15 is 0 Å². The maximum atomic E-state index is 13.7. The highest BCUT2D eigenvalue weighted by Crippen LogP contribution is 2.37. The van der Waals surface area contributed by atoms with Gasteiger partial charge in [0.2, 0.25) is 0 Å². The van der Waals surface area contributed by atoms with E-state index in [0.717, 1.165) is 27.4 Å². The van der Waals surface area contributed by atoms with Crippen molar-refractivity contribution in [3.8, 4) is 0 Å². The zero-order chi connectivity index (χ0) is 21.5. The summed E-state index contributed by atoms with van der Waals surface area (Å²) in [4.78, 5) is 40.6. The van der Waals surface area contributed by atoms with Crippen LogP contribution in [-0.4, -0.2) is 29.2 Å². The second-order valence-electron chi connectivity index (χ2n) is 7.26. The Balaban J connectivity index is 1.78. The smallest absolute Gasteiger partial charge is 0.315 e. The second kappa shape index (κ2) is 7.70. The molecule has 4 rings (SSSR count). The van der Waals surface area contributed by atoms with Crippen molar-refractivity contribution in [2.45, 2.75) is 19.4 Å². The minimum Gasteiger partial charge on any atom is -0.315 e. The molecule has 0 unspecified atom stereocenters. The molecular formula is C23H19ClN2O3S. The van der Waals surface area contributed by atoms with Crippen LogP contribution in [0, 0.1) is 13.8 Å². The Kier molecular flexibility index (Phi) is 5.22. The zero-order valence-corrected chi connectivity index (χ0v) is 18.0. The van der Waals surface area contributed by atoms with E-state index in [1.54, 1.807) is 24.3 Å². The number of amides is 3. The molecule has 5 nitrogen and oxygen atoms in total. The van der Waals surface area contributed by atoms with Crippen molar-refractivity contribution in [2.75, 3.05) is 6.54 Å². The molecule has 30 heavy (non-hydrogen) atoms. The van der Waals surface area contributed by atoms with Crippen LogP contribution in [0.4, 0.5) is 4.79 Å². The molecule has 0 radical (unpaired) electrons. The molecule has 0 saturated carbocycles. The predicted octanol–water partition coefficient (Wildman–Crippen LogP) is 4.70. The third-order valence-electron chi connectivity index (χ3n) is 5.40. The first-order valence-electron chi connectivity index (χ1n) is 9.39. The third kappa shape index (κ3) is 3.32. The maximum absolute atomic E-state index is 13.7. The van der Waals surface area contributed by atoms with Gasteiger partial charge < -0.3 is 5.32 Å². The summed E-state index contributed by atoms with van der Waals surface area (Å²) >= 11 is 7.04. The Morgan fingerprint density at radius 3 is 2.37 bits per heavy atom. The molecule has 7 heteroatoms. The summed E-state index contributed by atoms with van der Waals surface area (Å²) in [7, 11) is 0. The quantitative estimate of drug-likeness (QED) is 0.464. The van der Waals surface area contributed by atoms with E-state index in [1.165, 1.54) is 0 Å². The van der Waals surface area contributed by atoms with Gasteiger partial charge in [0.05, 0.1) is 15.8 Å². The van der Waals surface area contributed by atoms with Crippen LogP contribution in [0.2, 0.25) is 4.34 Å². The molecule has 1 aliphatic heterocycles. The van der Waals surface area contributed by atoms with Crippen molar-refractivity contribution < 1.29 is 14.4 Å². The van der Waals surface area contributed by atoms with Gasteiger partial charge in [-0.2, -0.15) is 0 Å². The van der Waals surface area contributed by atoms with Gasteiger partial charge in [-0.15, -0.1) is 11.3 Å². The molecule has 1 fully saturated rings. The molecule has 2 heterocycles. The fourth-order valence-electron chi connectivity index (χ4n) is 3.63. The van der Waals surface area contributed by atoms with Gasteiger partial charge in [-0.3, -0.25) is 14.5 Å². The van der Waals surface area contributed by atoms with Gasteiger partial charge in [0.15, 0.2) is 11.3 Å². The van der Waals surface area contributed by atoms with Gasteiger partial charge in [0.1, 0.15) is 0 Å². The number of carbonyl (C=O) groups excluding carboxylic acids is 3. The lowest BCUT2D eigenvalue weighted by Gasteiger charge is -2.28. The van der Waals surface area contributed by atoms with Crippen molar-refractivity contribution in [1.82, 2.24) is 10.2 Å². The van der Waals surface area contributed by atoms with E-state index < -0.39 is 17.5 Å². The number of nitrogens with one attached hydrogen (secondary N) is 1. The number of imide groups is 1. The number of thiophene rings is 1. The number of urea groups is 1. The van der Waals surface area contributed by atoms with Crippen molar-refractivity contribution in [2.24, 2.45) is 0 Å². The van der Waals surface area contributed by atoms with Gasteiger partial charge in [-0.25, -0.2) is 4.79 Å². The van der Waals surface area contributed by atoms with E-state index in [0.29, 0.717) is 20.3 Å². The lowest BCUT2D eigenvalue weighted by atomic mass is 9.81. The van der Waals surface area contributed by atoms with Crippen LogP contribution < -0.4 is 5.32 Å². The van der Waals surface area contributed by atoms with Crippen LogP contribution in [0.15, 0.2) is 60.7 Å². The number of rotatable bonds is 5. The first-order valence-corrected chi connectivity index (χ1v) is 10.6. The second-order valence-corrected chi connectivity index (χ2v) is 8.98. The Morgan fingerprint density at radius 1 is 1.00 bits per heavy atom. The highest BCUT2D eigenvalue weighted by atomic mass is 35.5. The zero-order valence-electron chi connectivity index (χ0n) is 16.4. The van der Waals surface area contributed by atoms with Crippen LogP contribution in [0.3, 0.4) is 0 Å². The van der Waals surface area contributed by atoms with E-state index in [1.807, 2.05) is 50.2 Å².